The average Bonchev–Trinajstić information content (AvgIpc) is 2.89. The molecule has 35 heavy (non-hydrogen) atoms. The third-order valence-corrected chi connectivity index (χ3v) is 7.20. The molecule has 0 atom stereocenters. The fraction of sp³-hybridized carbons (Fsp3) is 0.192. The summed E-state index contributed by atoms with van der Waals surface area (Å²) in [5.74, 6) is 1.11. The lowest BCUT2D eigenvalue weighted by Gasteiger charge is -2.26. The largest absolute Gasteiger partial charge is 0.497 e. The number of rotatable bonds is 8. The zero-order valence-electron chi connectivity index (χ0n) is 19.2. The SMILES string of the molecule is COc1cccc(/C=C/C(=O)Nc2cc(S(=O)(=O)N3CCOCC3)ccc2Oc2ccccc2)c1. The van der Waals surface area contributed by atoms with E-state index in [0.29, 0.717) is 30.5 Å². The molecule has 1 saturated heterocycles. The number of sulfonamides is 1. The van der Waals surface area contributed by atoms with Gasteiger partial charge in [-0.25, -0.2) is 8.42 Å². The summed E-state index contributed by atoms with van der Waals surface area (Å²) in [6.45, 7) is 1.23. The van der Waals surface area contributed by atoms with Crippen LogP contribution >= 0.6 is 0 Å². The maximum Gasteiger partial charge on any atom is 0.248 e. The van der Waals surface area contributed by atoms with E-state index in [1.54, 1.807) is 37.5 Å². The summed E-state index contributed by atoms with van der Waals surface area (Å²) in [5, 5.41) is 2.76. The Balaban J connectivity index is 1.61. The Morgan fingerprint density at radius 1 is 0.971 bits per heavy atom. The van der Waals surface area contributed by atoms with Crippen molar-refractivity contribution in [3.8, 4) is 17.2 Å². The van der Waals surface area contributed by atoms with E-state index in [2.05, 4.69) is 5.32 Å². The van der Waals surface area contributed by atoms with Crippen LogP contribution in [0.1, 0.15) is 5.56 Å². The molecule has 3 aromatic rings. The van der Waals surface area contributed by atoms with Crippen LogP contribution in [-0.4, -0.2) is 52.0 Å². The molecular formula is C26H26N2O6S. The molecule has 9 heteroatoms. The molecule has 0 saturated carbocycles. The summed E-state index contributed by atoms with van der Waals surface area (Å²) in [6.07, 6.45) is 3.01. The highest BCUT2D eigenvalue weighted by molar-refractivity contribution is 7.89. The second-order valence-electron chi connectivity index (χ2n) is 7.69. The van der Waals surface area contributed by atoms with E-state index in [1.807, 2.05) is 36.4 Å². The van der Waals surface area contributed by atoms with Gasteiger partial charge in [-0.05, 0) is 54.1 Å². The summed E-state index contributed by atoms with van der Waals surface area (Å²) in [5.41, 5.74) is 1.02. The molecule has 0 spiro atoms. The van der Waals surface area contributed by atoms with Crippen molar-refractivity contribution < 1.29 is 27.4 Å². The number of para-hydroxylation sites is 1. The topological polar surface area (TPSA) is 94.2 Å². The van der Waals surface area contributed by atoms with Crippen molar-refractivity contribution in [2.75, 3.05) is 38.7 Å². The fourth-order valence-corrected chi connectivity index (χ4v) is 4.93. The van der Waals surface area contributed by atoms with E-state index in [1.165, 1.54) is 22.5 Å². The lowest BCUT2D eigenvalue weighted by molar-refractivity contribution is -0.111. The van der Waals surface area contributed by atoms with Crippen molar-refractivity contribution in [2.45, 2.75) is 4.90 Å². The number of anilines is 1. The number of carbonyl (C=O) groups is 1. The van der Waals surface area contributed by atoms with Gasteiger partial charge in [0.05, 0.1) is 30.9 Å². The lowest BCUT2D eigenvalue weighted by Crippen LogP contribution is -2.40. The summed E-state index contributed by atoms with van der Waals surface area (Å²) >= 11 is 0. The zero-order valence-corrected chi connectivity index (χ0v) is 20.0. The van der Waals surface area contributed by atoms with E-state index >= 15 is 0 Å². The van der Waals surface area contributed by atoms with Crippen LogP contribution in [0.5, 0.6) is 17.2 Å². The Labute approximate surface area is 204 Å². The molecule has 182 valence electrons. The Morgan fingerprint density at radius 3 is 2.46 bits per heavy atom. The summed E-state index contributed by atoms with van der Waals surface area (Å²) in [4.78, 5) is 12.8. The lowest BCUT2D eigenvalue weighted by atomic mass is 10.2. The number of nitrogens with one attached hydrogen (secondary N) is 1. The van der Waals surface area contributed by atoms with Crippen molar-refractivity contribution in [3.05, 3.63) is 84.4 Å². The third-order valence-electron chi connectivity index (χ3n) is 5.31. The minimum absolute atomic E-state index is 0.0619. The van der Waals surface area contributed by atoms with Crippen LogP contribution in [0.25, 0.3) is 6.08 Å². The van der Waals surface area contributed by atoms with Gasteiger partial charge in [-0.15, -0.1) is 0 Å². The maximum atomic E-state index is 13.2. The van der Waals surface area contributed by atoms with E-state index in [0.717, 1.165) is 5.56 Å². The van der Waals surface area contributed by atoms with Crippen LogP contribution in [0.15, 0.2) is 83.8 Å². The van der Waals surface area contributed by atoms with Crippen molar-refractivity contribution in [2.24, 2.45) is 0 Å². The summed E-state index contributed by atoms with van der Waals surface area (Å²) in [6, 6.07) is 20.7. The maximum absolute atomic E-state index is 13.2. The molecule has 3 aromatic carbocycles. The number of carbonyl (C=O) groups excluding carboxylic acids is 1. The van der Waals surface area contributed by atoms with Gasteiger partial charge in [0.15, 0.2) is 5.75 Å². The quantitative estimate of drug-likeness (QED) is 0.473. The number of amides is 1. The molecule has 0 radical (unpaired) electrons. The fourth-order valence-electron chi connectivity index (χ4n) is 3.50. The van der Waals surface area contributed by atoms with Gasteiger partial charge in [-0.2, -0.15) is 4.31 Å². The van der Waals surface area contributed by atoms with E-state index < -0.39 is 15.9 Å². The second-order valence-corrected chi connectivity index (χ2v) is 9.63. The van der Waals surface area contributed by atoms with E-state index in [-0.39, 0.29) is 23.7 Å². The number of hydrogen-bond donors (Lipinski definition) is 1. The van der Waals surface area contributed by atoms with Gasteiger partial charge in [0.2, 0.25) is 15.9 Å². The number of nitrogens with zero attached hydrogens (tertiary/aromatic N) is 1. The highest BCUT2D eigenvalue weighted by Gasteiger charge is 2.27. The molecule has 4 rings (SSSR count). The molecule has 1 amide bonds. The Kier molecular flexibility index (Phi) is 7.81. The highest BCUT2D eigenvalue weighted by atomic mass is 32.2. The average molecular weight is 495 g/mol. The van der Waals surface area contributed by atoms with Crippen LogP contribution in [-0.2, 0) is 19.6 Å². The van der Waals surface area contributed by atoms with Gasteiger partial charge in [0.25, 0.3) is 0 Å². The van der Waals surface area contributed by atoms with Crippen molar-refractivity contribution in [1.82, 2.24) is 4.31 Å². The molecule has 1 heterocycles. The molecule has 0 bridgehead atoms. The number of methoxy groups -OCH3 is 1. The number of hydrogen-bond acceptors (Lipinski definition) is 6. The first-order chi connectivity index (χ1) is 17.0. The molecule has 1 aliphatic heterocycles. The van der Waals surface area contributed by atoms with Gasteiger partial charge in [-0.1, -0.05) is 30.3 Å². The van der Waals surface area contributed by atoms with Gasteiger partial charge in [0, 0.05) is 19.2 Å². The van der Waals surface area contributed by atoms with Gasteiger partial charge in [0.1, 0.15) is 11.5 Å². The van der Waals surface area contributed by atoms with Crippen molar-refractivity contribution >= 4 is 27.7 Å². The van der Waals surface area contributed by atoms with Gasteiger partial charge >= 0.3 is 0 Å². The Morgan fingerprint density at radius 2 is 1.71 bits per heavy atom. The monoisotopic (exact) mass is 494 g/mol. The molecule has 0 unspecified atom stereocenters. The highest BCUT2D eigenvalue weighted by Crippen LogP contribution is 2.33. The Bertz CT molecular complexity index is 1300. The predicted molar refractivity (Wildman–Crippen MR) is 133 cm³/mol. The first-order valence-corrected chi connectivity index (χ1v) is 12.5. The van der Waals surface area contributed by atoms with Crippen molar-refractivity contribution in [3.63, 3.8) is 0 Å². The minimum atomic E-state index is -3.76. The number of ether oxygens (including phenoxy) is 3. The minimum Gasteiger partial charge on any atom is -0.497 e. The van der Waals surface area contributed by atoms with Gasteiger partial charge in [-0.3, -0.25) is 4.79 Å². The normalized spacial score (nSPS) is 14.5. The molecular weight excluding hydrogens is 468 g/mol. The Hall–Kier alpha value is -3.66. The first kappa shape index (κ1) is 24.5. The van der Waals surface area contributed by atoms with Crippen molar-refractivity contribution in [1.29, 1.82) is 0 Å². The molecule has 1 N–H and O–H groups in total. The van der Waals surface area contributed by atoms with E-state index in [4.69, 9.17) is 14.2 Å². The second kappa shape index (κ2) is 11.2. The van der Waals surface area contributed by atoms with E-state index in [9.17, 15) is 13.2 Å². The van der Waals surface area contributed by atoms with Crippen LogP contribution in [0, 0.1) is 0 Å². The number of benzene rings is 3. The third kappa shape index (κ3) is 6.27. The number of morpholine rings is 1. The standard InChI is InChI=1S/C26H26N2O6S/c1-32-22-9-5-6-20(18-22)10-13-26(29)27-24-19-23(35(30,31)28-14-16-33-17-15-28)11-12-25(24)34-21-7-3-2-4-8-21/h2-13,18-19H,14-17H2,1H3,(H,27,29)/b13-10+. The summed E-state index contributed by atoms with van der Waals surface area (Å²) < 4.78 is 44.1. The molecule has 8 nitrogen and oxygen atoms in total. The predicted octanol–water partition coefficient (Wildman–Crippen LogP) is 4.16. The van der Waals surface area contributed by atoms with Crippen LogP contribution < -0.4 is 14.8 Å². The van der Waals surface area contributed by atoms with Crippen LogP contribution in [0.2, 0.25) is 0 Å². The first-order valence-electron chi connectivity index (χ1n) is 11.0. The van der Waals surface area contributed by atoms with Crippen LogP contribution in [0.3, 0.4) is 0 Å². The van der Waals surface area contributed by atoms with Gasteiger partial charge < -0.3 is 19.5 Å². The van der Waals surface area contributed by atoms with Crippen LogP contribution in [0.4, 0.5) is 5.69 Å². The zero-order chi connectivity index (χ0) is 24.7. The summed E-state index contributed by atoms with van der Waals surface area (Å²) in [7, 11) is -2.19. The smallest absolute Gasteiger partial charge is 0.248 e. The molecule has 0 aliphatic carbocycles. The molecule has 1 fully saturated rings. The molecule has 1 aliphatic rings. The molecule has 0 aromatic heterocycles.